The van der Waals surface area contributed by atoms with E-state index in [4.69, 9.17) is 10.8 Å². The van der Waals surface area contributed by atoms with Gasteiger partial charge in [0, 0.05) is 0 Å². The van der Waals surface area contributed by atoms with Crippen LogP contribution in [0, 0.1) is 0 Å². The van der Waals surface area contributed by atoms with Crippen molar-refractivity contribution in [3.63, 3.8) is 0 Å². The summed E-state index contributed by atoms with van der Waals surface area (Å²) in [6.07, 6.45) is 4.54. The lowest BCUT2D eigenvalue weighted by Crippen LogP contribution is -1.96. The van der Waals surface area contributed by atoms with E-state index in [2.05, 4.69) is 0 Å². The summed E-state index contributed by atoms with van der Waals surface area (Å²) in [6, 6.07) is 0. The third-order valence-electron chi connectivity index (χ3n) is 0.951. The van der Waals surface area contributed by atoms with Crippen LogP contribution in [0.25, 0.3) is 0 Å². The Morgan fingerprint density at radius 1 is 1.67 bits per heavy atom. The normalized spacial score (nSPS) is 14.0. The van der Waals surface area contributed by atoms with E-state index in [1.807, 2.05) is 13.0 Å². The van der Waals surface area contributed by atoms with Crippen molar-refractivity contribution in [3.05, 3.63) is 23.6 Å². The highest BCUT2D eigenvalue weighted by molar-refractivity contribution is 5.16. The van der Waals surface area contributed by atoms with Crippen molar-refractivity contribution < 1.29 is 5.11 Å². The first-order valence-electron chi connectivity index (χ1n) is 3.00. The molecular weight excluding hydrogens is 114 g/mol. The highest BCUT2D eigenvalue weighted by Crippen LogP contribution is 1.94. The lowest BCUT2D eigenvalue weighted by molar-refractivity contribution is 0.408. The summed E-state index contributed by atoms with van der Waals surface area (Å²) in [4.78, 5) is 0. The molecule has 0 unspecified atom stereocenters. The van der Waals surface area contributed by atoms with Crippen LogP contribution in [0.3, 0.4) is 0 Å². The van der Waals surface area contributed by atoms with Gasteiger partial charge in [-0.05, 0) is 19.4 Å². The minimum Gasteiger partial charge on any atom is -0.510 e. The van der Waals surface area contributed by atoms with Gasteiger partial charge in [-0.15, -0.1) is 0 Å². The molecule has 0 radical (unpaired) electrons. The van der Waals surface area contributed by atoms with Crippen LogP contribution < -0.4 is 5.73 Å². The van der Waals surface area contributed by atoms with Gasteiger partial charge in [-0.1, -0.05) is 13.0 Å². The van der Waals surface area contributed by atoms with Gasteiger partial charge in [-0.2, -0.15) is 0 Å². The van der Waals surface area contributed by atoms with Crippen LogP contribution in [0.2, 0.25) is 0 Å². The molecule has 0 aromatic heterocycles. The average Bonchev–Trinajstić information content (AvgIpc) is 1.82. The number of hydrogen-bond acceptors (Lipinski definition) is 2. The van der Waals surface area contributed by atoms with Gasteiger partial charge in [-0.3, -0.25) is 0 Å². The molecule has 0 atom stereocenters. The summed E-state index contributed by atoms with van der Waals surface area (Å²) < 4.78 is 0. The first kappa shape index (κ1) is 8.08. The maximum Gasteiger partial charge on any atom is 0.112 e. The molecule has 0 heterocycles. The molecule has 0 aliphatic heterocycles. The summed E-state index contributed by atoms with van der Waals surface area (Å²) in [7, 11) is 0. The van der Waals surface area contributed by atoms with Crippen molar-refractivity contribution in [3.8, 4) is 0 Å². The second-order valence-corrected chi connectivity index (χ2v) is 1.85. The maximum atomic E-state index is 8.75. The van der Waals surface area contributed by atoms with Crippen LogP contribution in [0.1, 0.15) is 20.3 Å². The summed E-state index contributed by atoms with van der Waals surface area (Å²) >= 11 is 0. The van der Waals surface area contributed by atoms with Crippen LogP contribution >= 0.6 is 0 Å². The molecule has 0 saturated heterocycles. The summed E-state index contributed by atoms with van der Waals surface area (Å²) in [5.41, 5.74) is 5.79. The SMILES string of the molecule is CC/C=C\C(N)=C(/C)O. The van der Waals surface area contributed by atoms with E-state index >= 15 is 0 Å². The zero-order valence-electron chi connectivity index (χ0n) is 5.89. The monoisotopic (exact) mass is 127 g/mol. The maximum absolute atomic E-state index is 8.75. The predicted octanol–water partition coefficient (Wildman–Crippen LogP) is 1.70. The lowest BCUT2D eigenvalue weighted by atomic mass is 10.3. The fourth-order valence-corrected chi connectivity index (χ4v) is 0.365. The molecule has 0 saturated carbocycles. The third-order valence-corrected chi connectivity index (χ3v) is 0.951. The molecule has 2 nitrogen and oxygen atoms in total. The van der Waals surface area contributed by atoms with Crippen LogP contribution in [-0.4, -0.2) is 5.11 Å². The molecule has 0 amide bonds. The highest BCUT2D eigenvalue weighted by Gasteiger charge is 1.85. The minimum absolute atomic E-state index is 0.180. The predicted molar refractivity (Wildman–Crippen MR) is 38.9 cm³/mol. The second kappa shape index (κ2) is 4.01. The smallest absolute Gasteiger partial charge is 0.112 e. The molecular formula is C7H13NO. The number of aliphatic hydroxyl groups excluding tert-OH is 1. The summed E-state index contributed by atoms with van der Waals surface area (Å²) in [5, 5.41) is 8.75. The molecule has 0 rings (SSSR count). The number of allylic oxidation sites excluding steroid dienone is 3. The van der Waals surface area contributed by atoms with E-state index in [9.17, 15) is 0 Å². The highest BCUT2D eigenvalue weighted by atomic mass is 16.3. The number of hydrogen-bond donors (Lipinski definition) is 2. The van der Waals surface area contributed by atoms with Crippen molar-refractivity contribution in [1.82, 2.24) is 0 Å². The van der Waals surface area contributed by atoms with Gasteiger partial charge < -0.3 is 10.8 Å². The first-order valence-corrected chi connectivity index (χ1v) is 3.00. The van der Waals surface area contributed by atoms with Crippen molar-refractivity contribution >= 4 is 0 Å². The first-order chi connectivity index (χ1) is 4.18. The topological polar surface area (TPSA) is 46.2 Å². The van der Waals surface area contributed by atoms with Crippen LogP contribution in [0.5, 0.6) is 0 Å². The molecule has 0 spiro atoms. The van der Waals surface area contributed by atoms with Gasteiger partial charge in [0.1, 0.15) is 5.76 Å². The van der Waals surface area contributed by atoms with Crippen molar-refractivity contribution in [2.45, 2.75) is 20.3 Å². The Kier molecular flexibility index (Phi) is 3.60. The molecule has 0 aromatic rings. The molecule has 0 aromatic carbocycles. The van der Waals surface area contributed by atoms with Gasteiger partial charge in [0.15, 0.2) is 0 Å². The Morgan fingerprint density at radius 3 is 2.56 bits per heavy atom. The van der Waals surface area contributed by atoms with E-state index in [0.29, 0.717) is 5.70 Å². The Labute approximate surface area is 55.7 Å². The van der Waals surface area contributed by atoms with Gasteiger partial charge in [0.2, 0.25) is 0 Å². The number of rotatable bonds is 2. The van der Waals surface area contributed by atoms with E-state index in [1.165, 1.54) is 0 Å². The lowest BCUT2D eigenvalue weighted by Gasteiger charge is -1.92. The van der Waals surface area contributed by atoms with E-state index in [-0.39, 0.29) is 5.76 Å². The van der Waals surface area contributed by atoms with Gasteiger partial charge in [0.05, 0.1) is 5.70 Å². The molecule has 0 aliphatic carbocycles. The minimum atomic E-state index is 0.180. The van der Waals surface area contributed by atoms with Gasteiger partial charge in [-0.25, -0.2) is 0 Å². The van der Waals surface area contributed by atoms with Crippen LogP contribution in [0.4, 0.5) is 0 Å². The van der Waals surface area contributed by atoms with Crippen molar-refractivity contribution in [1.29, 1.82) is 0 Å². The molecule has 2 heteroatoms. The quantitative estimate of drug-likeness (QED) is 0.438. The van der Waals surface area contributed by atoms with Crippen LogP contribution in [0.15, 0.2) is 23.6 Å². The Balaban J connectivity index is 3.91. The fraction of sp³-hybridized carbons (Fsp3) is 0.429. The zero-order valence-corrected chi connectivity index (χ0v) is 5.89. The number of aliphatic hydroxyl groups is 1. The molecule has 0 fully saturated rings. The molecule has 3 N–H and O–H groups in total. The Hall–Kier alpha value is -0.920. The van der Waals surface area contributed by atoms with E-state index < -0.39 is 0 Å². The van der Waals surface area contributed by atoms with Crippen molar-refractivity contribution in [2.75, 3.05) is 0 Å². The standard InChI is InChI=1S/C7H13NO/c1-3-4-5-7(8)6(2)9/h4-5,9H,3,8H2,1-2H3/b5-4-,7-6-. The zero-order chi connectivity index (χ0) is 7.28. The van der Waals surface area contributed by atoms with Gasteiger partial charge >= 0.3 is 0 Å². The van der Waals surface area contributed by atoms with Crippen molar-refractivity contribution in [2.24, 2.45) is 5.73 Å². The molecule has 52 valence electrons. The fourth-order valence-electron chi connectivity index (χ4n) is 0.365. The molecule has 9 heavy (non-hydrogen) atoms. The molecule has 0 aliphatic rings. The summed E-state index contributed by atoms with van der Waals surface area (Å²) in [6.45, 7) is 3.58. The van der Waals surface area contributed by atoms with E-state index in [0.717, 1.165) is 6.42 Å². The average molecular weight is 127 g/mol. The third kappa shape index (κ3) is 3.64. The largest absolute Gasteiger partial charge is 0.510 e. The van der Waals surface area contributed by atoms with E-state index in [1.54, 1.807) is 13.0 Å². The molecule has 0 bridgehead atoms. The van der Waals surface area contributed by atoms with Gasteiger partial charge in [0.25, 0.3) is 0 Å². The Morgan fingerprint density at radius 2 is 2.22 bits per heavy atom. The summed E-state index contributed by atoms with van der Waals surface area (Å²) in [5.74, 6) is 0.180. The Bertz CT molecular complexity index is 132. The second-order valence-electron chi connectivity index (χ2n) is 1.85. The van der Waals surface area contributed by atoms with Crippen LogP contribution in [-0.2, 0) is 0 Å². The number of nitrogens with two attached hydrogens (primary N) is 1.